The molecule has 74 heavy (non-hydrogen) atoms. The minimum Gasteiger partial charge on any atom is -0.459 e. The molecule has 2 aliphatic rings. The molecule has 2 aliphatic heterocycles. The van der Waals surface area contributed by atoms with Gasteiger partial charge in [-0.3, -0.25) is 0 Å². The van der Waals surface area contributed by atoms with Crippen LogP contribution >= 0.6 is 0 Å². The van der Waals surface area contributed by atoms with Crippen LogP contribution in [0.3, 0.4) is 0 Å². The summed E-state index contributed by atoms with van der Waals surface area (Å²) in [6, 6.07) is 54.7. The summed E-state index contributed by atoms with van der Waals surface area (Å²) in [7, 11) is 0. The normalized spacial score (nSPS) is 21.7. The van der Waals surface area contributed by atoms with Gasteiger partial charge in [0.25, 0.3) is 0 Å². The van der Waals surface area contributed by atoms with E-state index in [1.165, 1.54) is 6.42 Å². The Bertz CT molecular complexity index is 2550. The predicted molar refractivity (Wildman–Crippen MR) is 276 cm³/mol. The summed E-state index contributed by atoms with van der Waals surface area (Å²) < 4.78 is 65.9. The molecule has 2 fully saturated rings. The van der Waals surface area contributed by atoms with E-state index in [1.807, 2.05) is 91.0 Å². The van der Waals surface area contributed by atoms with Gasteiger partial charge in [0.15, 0.2) is 24.8 Å². The Hall–Kier alpha value is -6.55. The average Bonchev–Trinajstić information content (AvgIpc) is 3.97. The van der Waals surface area contributed by atoms with E-state index in [0.717, 1.165) is 48.8 Å². The van der Waals surface area contributed by atoms with Crippen LogP contribution in [0.1, 0.15) is 93.2 Å². The second-order valence-electron chi connectivity index (χ2n) is 18.3. The maximum absolute atomic E-state index is 14.2. The van der Waals surface area contributed by atoms with Gasteiger partial charge in [-0.15, -0.1) is 0 Å². The number of rotatable bonds is 28. The summed E-state index contributed by atoms with van der Waals surface area (Å²) >= 11 is 0. The fourth-order valence-corrected chi connectivity index (χ4v) is 8.86. The van der Waals surface area contributed by atoms with E-state index in [4.69, 9.17) is 47.4 Å². The van der Waals surface area contributed by atoms with Crippen molar-refractivity contribution in [1.82, 2.24) is 0 Å². The molecule has 6 aromatic rings. The Morgan fingerprint density at radius 3 is 1.46 bits per heavy atom. The van der Waals surface area contributed by atoms with Crippen LogP contribution in [0.15, 0.2) is 182 Å². The molecule has 0 spiro atoms. The number of benzene rings is 6. The number of carbonyl (C=O) groups is 3. The summed E-state index contributed by atoms with van der Waals surface area (Å²) in [6.45, 7) is 2.77. The van der Waals surface area contributed by atoms with Gasteiger partial charge in [0.05, 0.1) is 43.1 Å². The zero-order valence-corrected chi connectivity index (χ0v) is 41.8. The van der Waals surface area contributed by atoms with Crippen molar-refractivity contribution < 1.29 is 61.8 Å². The maximum Gasteiger partial charge on any atom is 0.338 e. The van der Waals surface area contributed by atoms with Crippen molar-refractivity contribution in [3.8, 4) is 0 Å². The highest BCUT2D eigenvalue weighted by atomic mass is 16.8. The molecule has 0 radical (unpaired) electrons. The molecule has 9 atom stereocenters. The molecule has 0 saturated carbocycles. The molecule has 0 aliphatic carbocycles. The first-order valence-corrected chi connectivity index (χ1v) is 25.7. The first-order valence-electron chi connectivity index (χ1n) is 25.7. The Kier molecular flexibility index (Phi) is 20.9. The number of esters is 3. The molecule has 2 heterocycles. The topological polar surface area (TPSA) is 144 Å². The molecule has 13 nitrogen and oxygen atoms in total. The van der Waals surface area contributed by atoms with Crippen LogP contribution in [0.4, 0.5) is 0 Å². The molecule has 388 valence electrons. The molecule has 2 saturated heterocycles. The van der Waals surface area contributed by atoms with Gasteiger partial charge in [-0.1, -0.05) is 185 Å². The highest BCUT2D eigenvalue weighted by molar-refractivity contribution is 5.91. The van der Waals surface area contributed by atoms with E-state index in [0.29, 0.717) is 12.2 Å². The fraction of sp³-hybridized carbons (Fsp3) is 0.361. The van der Waals surface area contributed by atoms with Gasteiger partial charge in [-0.05, 0) is 59.5 Å². The maximum atomic E-state index is 14.2. The van der Waals surface area contributed by atoms with Crippen molar-refractivity contribution in [2.45, 2.75) is 121 Å². The largest absolute Gasteiger partial charge is 0.459 e. The van der Waals surface area contributed by atoms with Crippen LogP contribution in [0.5, 0.6) is 0 Å². The van der Waals surface area contributed by atoms with Gasteiger partial charge >= 0.3 is 17.9 Å². The second-order valence-corrected chi connectivity index (χ2v) is 18.3. The molecule has 8 rings (SSSR count). The Morgan fingerprint density at radius 2 is 0.919 bits per heavy atom. The summed E-state index contributed by atoms with van der Waals surface area (Å²) in [5.41, 5.74) is 3.56. The molecule has 0 aromatic heterocycles. The standard InChI is InChI=1S/C61H66O13/c1-2-3-4-5-6-25-38-66-60-55(68-41-46-30-17-9-18-31-46)54(67-40-45-28-15-8-16-29-45)52(74-60)50(42-65-39-44-26-13-7-14-27-44)70-61-56(73-59(64)49-36-23-12-24-37-49)53(72-58(63)48-34-21-11-22-35-48)51(71-61)43-69-57(62)47-32-19-10-20-33-47/h7-24,26-37,50-56,60-61H,2-6,25,38-43H2,1H3/t50-,51-,52-,53-,54+,55-,56+,60-,61+/m1/s1. The van der Waals surface area contributed by atoms with Gasteiger partial charge in [0.2, 0.25) is 0 Å². The van der Waals surface area contributed by atoms with Crippen LogP contribution in [-0.2, 0) is 67.2 Å². The van der Waals surface area contributed by atoms with Crippen LogP contribution in [0.25, 0.3) is 0 Å². The monoisotopic (exact) mass is 1010 g/mol. The van der Waals surface area contributed by atoms with Crippen LogP contribution in [0.2, 0.25) is 0 Å². The number of ether oxygens (including phenoxy) is 10. The number of carbonyl (C=O) groups excluding carboxylic acids is 3. The average molecular weight is 1010 g/mol. The lowest BCUT2D eigenvalue weighted by Crippen LogP contribution is -2.49. The lowest BCUT2D eigenvalue weighted by Gasteiger charge is -2.32. The number of hydrogen-bond donors (Lipinski definition) is 0. The number of hydrogen-bond acceptors (Lipinski definition) is 13. The Balaban J connectivity index is 1.15. The Labute approximate surface area is 433 Å². The second kappa shape index (κ2) is 28.8. The van der Waals surface area contributed by atoms with Crippen molar-refractivity contribution in [2.75, 3.05) is 19.8 Å². The summed E-state index contributed by atoms with van der Waals surface area (Å²) in [5.74, 6) is -2.09. The third kappa shape index (κ3) is 15.7. The van der Waals surface area contributed by atoms with E-state index >= 15 is 0 Å². The van der Waals surface area contributed by atoms with Crippen molar-refractivity contribution in [3.63, 3.8) is 0 Å². The van der Waals surface area contributed by atoms with Gasteiger partial charge in [-0.25, -0.2) is 14.4 Å². The van der Waals surface area contributed by atoms with Crippen molar-refractivity contribution in [2.24, 2.45) is 0 Å². The molecule has 0 N–H and O–H groups in total. The quantitative estimate of drug-likeness (QED) is 0.0261. The van der Waals surface area contributed by atoms with Gasteiger partial charge in [-0.2, -0.15) is 0 Å². The van der Waals surface area contributed by atoms with Crippen LogP contribution < -0.4 is 0 Å². The van der Waals surface area contributed by atoms with E-state index in [9.17, 15) is 14.4 Å². The predicted octanol–water partition coefficient (Wildman–Crippen LogP) is 10.9. The van der Waals surface area contributed by atoms with Gasteiger partial charge < -0.3 is 47.4 Å². The molecular weight excluding hydrogens is 941 g/mol. The van der Waals surface area contributed by atoms with Crippen molar-refractivity contribution >= 4 is 17.9 Å². The third-order valence-electron chi connectivity index (χ3n) is 12.8. The molecular formula is C61H66O13. The summed E-state index contributed by atoms with van der Waals surface area (Å²) in [6.07, 6.45) is -3.45. The molecule has 6 aromatic carbocycles. The van der Waals surface area contributed by atoms with Gasteiger partial charge in [0, 0.05) is 6.61 Å². The highest BCUT2D eigenvalue weighted by Crippen LogP contribution is 2.36. The van der Waals surface area contributed by atoms with Crippen molar-refractivity contribution in [3.05, 3.63) is 215 Å². The molecule has 0 bridgehead atoms. The minimum atomic E-state index is -1.45. The van der Waals surface area contributed by atoms with E-state index in [-0.39, 0.29) is 37.6 Å². The van der Waals surface area contributed by atoms with Gasteiger partial charge in [0.1, 0.15) is 37.1 Å². The zero-order chi connectivity index (χ0) is 51.2. The van der Waals surface area contributed by atoms with E-state index in [1.54, 1.807) is 91.0 Å². The van der Waals surface area contributed by atoms with Crippen LogP contribution in [0, 0.1) is 0 Å². The molecule has 13 heteroatoms. The first kappa shape index (κ1) is 53.7. The summed E-state index contributed by atoms with van der Waals surface area (Å²) in [4.78, 5) is 41.6. The molecule has 0 unspecified atom stereocenters. The molecule has 0 amide bonds. The lowest BCUT2D eigenvalue weighted by molar-refractivity contribution is -0.245. The lowest BCUT2D eigenvalue weighted by atomic mass is 10.0. The fourth-order valence-electron chi connectivity index (χ4n) is 8.86. The summed E-state index contributed by atoms with van der Waals surface area (Å²) in [5, 5.41) is 0. The smallest absolute Gasteiger partial charge is 0.338 e. The minimum absolute atomic E-state index is 0.0817. The SMILES string of the molecule is CCCCCCCCO[C@@H]1O[C@H]([C@@H](COCc2ccccc2)O[C@H]2O[C@H](COC(=O)c3ccccc3)[C@@H](OC(=O)c3ccccc3)[C@@H]2OC(=O)c2ccccc2)[C@H](OCc2ccccc2)[C@H]1OCc1ccccc1. The zero-order valence-electron chi connectivity index (χ0n) is 41.8. The first-order chi connectivity index (χ1) is 36.4. The van der Waals surface area contributed by atoms with E-state index in [2.05, 4.69) is 6.92 Å². The third-order valence-corrected chi connectivity index (χ3v) is 12.8. The van der Waals surface area contributed by atoms with E-state index < -0.39 is 79.8 Å². The van der Waals surface area contributed by atoms with Crippen molar-refractivity contribution in [1.29, 1.82) is 0 Å². The van der Waals surface area contributed by atoms with Crippen LogP contribution in [-0.4, -0.2) is 93.0 Å². The number of unbranched alkanes of at least 4 members (excludes halogenated alkanes) is 5. The highest BCUT2D eigenvalue weighted by Gasteiger charge is 2.56. The Morgan fingerprint density at radius 1 is 0.459 bits per heavy atom.